The van der Waals surface area contributed by atoms with E-state index in [9.17, 15) is 9.59 Å². The van der Waals surface area contributed by atoms with E-state index in [1.54, 1.807) is 0 Å². The first-order chi connectivity index (χ1) is 13.6. The van der Waals surface area contributed by atoms with E-state index < -0.39 is 0 Å². The third kappa shape index (κ3) is 5.71. The van der Waals surface area contributed by atoms with E-state index in [0.29, 0.717) is 30.3 Å². The zero-order valence-corrected chi connectivity index (χ0v) is 16.4. The molecule has 28 heavy (non-hydrogen) atoms. The summed E-state index contributed by atoms with van der Waals surface area (Å²) in [5, 5.41) is 6.29. The molecule has 1 aliphatic heterocycles. The lowest BCUT2D eigenvalue weighted by Gasteiger charge is -2.31. The summed E-state index contributed by atoms with van der Waals surface area (Å²) in [6, 6.07) is 15.0. The lowest BCUT2D eigenvalue weighted by molar-refractivity contribution is -0.120. The molecule has 7 heteroatoms. The molecule has 3 rings (SSSR count). The van der Waals surface area contributed by atoms with Crippen LogP contribution in [0.15, 0.2) is 48.5 Å². The first-order valence-electron chi connectivity index (χ1n) is 9.35. The Balaban J connectivity index is 1.51. The van der Waals surface area contributed by atoms with Crippen molar-refractivity contribution in [3.05, 3.63) is 59.1 Å². The smallest absolute Gasteiger partial charge is 0.226 e. The molecule has 0 bridgehead atoms. The monoisotopic (exact) mass is 401 g/mol. The van der Waals surface area contributed by atoms with Crippen molar-refractivity contribution in [2.75, 3.05) is 43.1 Å². The largest absolute Gasteiger partial charge is 0.378 e. The number of benzene rings is 2. The first-order valence-corrected chi connectivity index (χ1v) is 9.73. The van der Waals surface area contributed by atoms with Crippen molar-refractivity contribution in [2.24, 2.45) is 0 Å². The van der Waals surface area contributed by atoms with Crippen LogP contribution in [0.1, 0.15) is 12.0 Å². The van der Waals surface area contributed by atoms with Gasteiger partial charge in [-0.1, -0.05) is 48.0 Å². The van der Waals surface area contributed by atoms with E-state index in [2.05, 4.69) is 15.5 Å². The van der Waals surface area contributed by atoms with E-state index in [0.717, 1.165) is 24.3 Å². The lowest BCUT2D eigenvalue weighted by Crippen LogP contribution is -2.37. The van der Waals surface area contributed by atoms with Gasteiger partial charge in [0, 0.05) is 26.1 Å². The predicted molar refractivity (Wildman–Crippen MR) is 111 cm³/mol. The molecule has 2 aromatic carbocycles. The maximum atomic E-state index is 12.3. The summed E-state index contributed by atoms with van der Waals surface area (Å²) >= 11 is 6.38. The number of anilines is 2. The second kappa shape index (κ2) is 10.1. The van der Waals surface area contributed by atoms with Crippen LogP contribution in [0.3, 0.4) is 0 Å². The highest BCUT2D eigenvalue weighted by Crippen LogP contribution is 2.34. The number of hydrogen-bond donors (Lipinski definition) is 2. The lowest BCUT2D eigenvalue weighted by atomic mass is 10.1. The predicted octanol–water partition coefficient (Wildman–Crippen LogP) is 2.86. The molecule has 0 radical (unpaired) electrons. The number of morpholine rings is 1. The summed E-state index contributed by atoms with van der Waals surface area (Å²) in [4.78, 5) is 26.4. The van der Waals surface area contributed by atoms with Crippen molar-refractivity contribution in [1.82, 2.24) is 5.32 Å². The minimum absolute atomic E-state index is 0.101. The Morgan fingerprint density at radius 3 is 2.50 bits per heavy atom. The highest BCUT2D eigenvalue weighted by Gasteiger charge is 2.19. The van der Waals surface area contributed by atoms with Crippen molar-refractivity contribution in [3.8, 4) is 0 Å². The van der Waals surface area contributed by atoms with Crippen molar-refractivity contribution in [3.63, 3.8) is 0 Å². The molecule has 1 fully saturated rings. The zero-order valence-electron chi connectivity index (χ0n) is 15.6. The van der Waals surface area contributed by atoms with Crippen LogP contribution in [-0.4, -0.2) is 44.7 Å². The van der Waals surface area contributed by atoms with Gasteiger partial charge in [-0.05, 0) is 17.7 Å². The van der Waals surface area contributed by atoms with Crippen LogP contribution in [0.4, 0.5) is 11.4 Å². The number of carbonyl (C=O) groups excluding carboxylic acids is 2. The molecule has 0 saturated carbocycles. The van der Waals surface area contributed by atoms with Crippen molar-refractivity contribution in [2.45, 2.75) is 12.8 Å². The van der Waals surface area contributed by atoms with Gasteiger partial charge in [0.05, 0.1) is 36.0 Å². The average molecular weight is 402 g/mol. The van der Waals surface area contributed by atoms with Gasteiger partial charge in [0.15, 0.2) is 0 Å². The Kier molecular flexibility index (Phi) is 7.28. The van der Waals surface area contributed by atoms with E-state index in [1.807, 2.05) is 48.5 Å². The molecule has 1 heterocycles. The summed E-state index contributed by atoms with van der Waals surface area (Å²) in [6.07, 6.45) is 0.494. The Labute approximate surface area is 169 Å². The van der Waals surface area contributed by atoms with Crippen molar-refractivity contribution < 1.29 is 14.3 Å². The number of rotatable bonds is 7. The van der Waals surface area contributed by atoms with Gasteiger partial charge in [0.2, 0.25) is 11.8 Å². The molecule has 1 saturated heterocycles. The van der Waals surface area contributed by atoms with Crippen molar-refractivity contribution in [1.29, 1.82) is 0 Å². The summed E-state index contributed by atoms with van der Waals surface area (Å²) in [5.74, 6) is -0.271. The highest BCUT2D eigenvalue weighted by molar-refractivity contribution is 6.34. The van der Waals surface area contributed by atoms with Gasteiger partial charge in [-0.3, -0.25) is 9.59 Å². The van der Waals surface area contributed by atoms with Gasteiger partial charge in [-0.15, -0.1) is 0 Å². The Morgan fingerprint density at radius 1 is 1.00 bits per heavy atom. The standard InChI is InChI=1S/C21H24ClN3O3/c22-17-7-4-8-18(21(17)25-11-13-28-14-12-25)24-19(26)9-10-23-20(27)15-16-5-2-1-3-6-16/h1-8H,9-15H2,(H,23,27)(H,24,26). The van der Waals surface area contributed by atoms with Gasteiger partial charge in [-0.25, -0.2) is 0 Å². The van der Waals surface area contributed by atoms with Crippen LogP contribution < -0.4 is 15.5 Å². The topological polar surface area (TPSA) is 70.7 Å². The normalized spacial score (nSPS) is 13.8. The molecular formula is C21H24ClN3O3. The number of para-hydroxylation sites is 1. The Bertz CT molecular complexity index is 808. The molecule has 0 unspecified atom stereocenters. The van der Waals surface area contributed by atoms with Gasteiger partial charge < -0.3 is 20.3 Å². The fourth-order valence-electron chi connectivity index (χ4n) is 3.10. The molecule has 6 nitrogen and oxygen atoms in total. The molecule has 1 aliphatic rings. The molecule has 148 valence electrons. The zero-order chi connectivity index (χ0) is 19.8. The van der Waals surface area contributed by atoms with Gasteiger partial charge in [-0.2, -0.15) is 0 Å². The van der Waals surface area contributed by atoms with Gasteiger partial charge in [0.1, 0.15) is 0 Å². The SMILES string of the molecule is O=C(Cc1ccccc1)NCCC(=O)Nc1cccc(Cl)c1N1CCOCC1. The fourth-order valence-corrected chi connectivity index (χ4v) is 3.39. The average Bonchev–Trinajstić information content (AvgIpc) is 2.69. The molecule has 0 aliphatic carbocycles. The summed E-state index contributed by atoms with van der Waals surface area (Å²) in [5.41, 5.74) is 2.43. The van der Waals surface area contributed by atoms with Crippen LogP contribution >= 0.6 is 11.6 Å². The summed E-state index contributed by atoms with van der Waals surface area (Å²) in [6.45, 7) is 2.99. The second-order valence-corrected chi connectivity index (χ2v) is 6.95. The number of amides is 2. The van der Waals surface area contributed by atoms with Crippen molar-refractivity contribution >= 4 is 34.8 Å². The van der Waals surface area contributed by atoms with Crippen LogP contribution in [0, 0.1) is 0 Å². The highest BCUT2D eigenvalue weighted by atomic mass is 35.5. The van der Waals surface area contributed by atoms with Crippen LogP contribution in [0.2, 0.25) is 5.02 Å². The minimum Gasteiger partial charge on any atom is -0.378 e. The number of nitrogens with one attached hydrogen (secondary N) is 2. The number of ether oxygens (including phenoxy) is 1. The number of nitrogens with zero attached hydrogens (tertiary/aromatic N) is 1. The molecule has 2 aromatic rings. The second-order valence-electron chi connectivity index (χ2n) is 6.55. The third-order valence-electron chi connectivity index (χ3n) is 4.47. The molecule has 2 N–H and O–H groups in total. The number of hydrogen-bond acceptors (Lipinski definition) is 4. The van der Waals surface area contributed by atoms with Crippen LogP contribution in [0.25, 0.3) is 0 Å². The van der Waals surface area contributed by atoms with Crippen LogP contribution in [-0.2, 0) is 20.7 Å². The van der Waals surface area contributed by atoms with E-state index >= 15 is 0 Å². The van der Waals surface area contributed by atoms with Gasteiger partial charge >= 0.3 is 0 Å². The third-order valence-corrected chi connectivity index (χ3v) is 4.77. The van der Waals surface area contributed by atoms with Crippen LogP contribution in [0.5, 0.6) is 0 Å². The van der Waals surface area contributed by atoms with Gasteiger partial charge in [0.25, 0.3) is 0 Å². The van der Waals surface area contributed by atoms with E-state index in [4.69, 9.17) is 16.3 Å². The molecule has 0 atom stereocenters. The maximum absolute atomic E-state index is 12.3. The summed E-state index contributed by atoms with van der Waals surface area (Å²) in [7, 11) is 0. The Hall–Kier alpha value is -2.57. The maximum Gasteiger partial charge on any atom is 0.226 e. The number of carbonyl (C=O) groups is 2. The fraction of sp³-hybridized carbons (Fsp3) is 0.333. The molecule has 0 spiro atoms. The summed E-state index contributed by atoms with van der Waals surface area (Å²) < 4.78 is 5.39. The first kappa shape index (κ1) is 20.2. The molecular weight excluding hydrogens is 378 g/mol. The minimum atomic E-state index is -0.170. The Morgan fingerprint density at radius 2 is 1.75 bits per heavy atom. The quantitative estimate of drug-likeness (QED) is 0.748. The molecule has 2 amide bonds. The number of halogens is 1. The van der Waals surface area contributed by atoms with E-state index in [1.165, 1.54) is 0 Å². The van der Waals surface area contributed by atoms with E-state index in [-0.39, 0.29) is 24.8 Å². The molecule has 0 aromatic heterocycles.